The van der Waals surface area contributed by atoms with Gasteiger partial charge < -0.3 is 10.2 Å². The lowest BCUT2D eigenvalue weighted by molar-refractivity contribution is -0.112. The summed E-state index contributed by atoms with van der Waals surface area (Å²) in [7, 11) is -4.36. The number of aromatic nitrogens is 2. The van der Waals surface area contributed by atoms with Crippen molar-refractivity contribution in [3.63, 3.8) is 0 Å². The highest BCUT2D eigenvalue weighted by molar-refractivity contribution is 7.93. The van der Waals surface area contributed by atoms with Gasteiger partial charge in [0.1, 0.15) is 10.7 Å². The first kappa shape index (κ1) is 21.1. The molecule has 0 saturated carbocycles. The summed E-state index contributed by atoms with van der Waals surface area (Å²) >= 11 is 1.02. The van der Waals surface area contributed by atoms with Crippen LogP contribution in [0.2, 0.25) is 0 Å². The van der Waals surface area contributed by atoms with Crippen LogP contribution in [0, 0.1) is 5.82 Å². The number of nitrogens with zero attached hydrogens (tertiary/aromatic N) is 2. The Morgan fingerprint density at radius 3 is 2.88 bits per heavy atom. The first-order valence-corrected chi connectivity index (χ1v) is 11.9. The van der Waals surface area contributed by atoms with Gasteiger partial charge in [-0.3, -0.25) is 14.1 Å². The van der Waals surface area contributed by atoms with E-state index in [1.165, 1.54) is 12.3 Å². The summed E-state index contributed by atoms with van der Waals surface area (Å²) in [5.74, 6) is -2.09. The van der Waals surface area contributed by atoms with E-state index in [-0.39, 0.29) is 16.2 Å². The minimum atomic E-state index is -4.36. The summed E-state index contributed by atoms with van der Waals surface area (Å²) in [5, 5.41) is 1.60. The minimum absolute atomic E-state index is 0.0509. The first-order chi connectivity index (χ1) is 15.8. The number of anilines is 2. The van der Waals surface area contributed by atoms with Crippen LogP contribution in [0.1, 0.15) is 11.1 Å². The molecule has 0 saturated heterocycles. The fourth-order valence-corrected chi connectivity index (χ4v) is 5.89. The van der Waals surface area contributed by atoms with E-state index in [4.69, 9.17) is 10.2 Å². The van der Waals surface area contributed by atoms with Gasteiger partial charge in [-0.25, -0.2) is 22.6 Å². The van der Waals surface area contributed by atoms with Crippen molar-refractivity contribution in [2.75, 3.05) is 10.5 Å². The standard InChI is InChI=1S/C21H15FN4O5S2/c22-14-9-16-17(10-18(14)33(29,30)25-19-24-7-8-32-19)31-20(28)26(16)21(11-27)6-2-3-12-13(21)4-1-5-15(12)23/h1-2,4-11H,3,23H2,(H,24,25). The molecule has 0 bridgehead atoms. The number of sulfonamides is 1. The fourth-order valence-electron chi connectivity index (χ4n) is 4.02. The number of nitrogens with one attached hydrogen (secondary N) is 1. The van der Waals surface area contributed by atoms with Gasteiger partial charge in [-0.1, -0.05) is 24.3 Å². The second-order valence-electron chi connectivity index (χ2n) is 7.32. The Labute approximate surface area is 190 Å². The van der Waals surface area contributed by atoms with E-state index in [2.05, 4.69) is 9.71 Å². The van der Waals surface area contributed by atoms with Gasteiger partial charge in [0.25, 0.3) is 10.0 Å². The van der Waals surface area contributed by atoms with Crippen LogP contribution in [-0.4, -0.2) is 24.3 Å². The summed E-state index contributed by atoms with van der Waals surface area (Å²) in [4.78, 5) is 28.4. The van der Waals surface area contributed by atoms with Gasteiger partial charge in [0.15, 0.2) is 22.5 Å². The van der Waals surface area contributed by atoms with Crippen molar-refractivity contribution in [3.8, 4) is 0 Å². The molecule has 0 aliphatic heterocycles. The SMILES string of the molecule is Nc1cccc2c1CC=CC2(C=O)n1c(=O)oc2cc(S(=O)(=O)Nc3nccs3)c(F)cc21. The zero-order valence-corrected chi connectivity index (χ0v) is 18.3. The monoisotopic (exact) mass is 486 g/mol. The maximum atomic E-state index is 15.1. The largest absolute Gasteiger partial charge is 0.421 e. The molecule has 2 heterocycles. The first-order valence-electron chi connectivity index (χ1n) is 9.56. The van der Waals surface area contributed by atoms with Gasteiger partial charge in [0, 0.05) is 29.4 Å². The Bertz CT molecular complexity index is 1610. The molecule has 4 aromatic rings. The predicted molar refractivity (Wildman–Crippen MR) is 120 cm³/mol. The van der Waals surface area contributed by atoms with Crippen LogP contribution in [0.5, 0.6) is 0 Å². The fraction of sp³-hybridized carbons (Fsp3) is 0.0952. The molecular formula is C21H15FN4O5S2. The minimum Gasteiger partial charge on any atom is -0.408 e. The van der Waals surface area contributed by atoms with Gasteiger partial charge in [-0.15, -0.1) is 11.3 Å². The van der Waals surface area contributed by atoms with Gasteiger partial charge in [-0.2, -0.15) is 0 Å². The molecule has 2 aromatic carbocycles. The maximum absolute atomic E-state index is 15.1. The zero-order valence-electron chi connectivity index (χ0n) is 16.7. The van der Waals surface area contributed by atoms with E-state index in [9.17, 15) is 18.0 Å². The number of nitrogens with two attached hydrogens (primary N) is 1. The molecule has 0 fully saturated rings. The zero-order chi connectivity index (χ0) is 23.4. The number of carbonyl (C=O) groups excluding carboxylic acids is 1. The number of oxazole rings is 1. The van der Waals surface area contributed by atoms with E-state index in [1.807, 2.05) is 0 Å². The van der Waals surface area contributed by atoms with Crippen LogP contribution < -0.4 is 16.2 Å². The van der Waals surface area contributed by atoms with Crippen LogP contribution in [0.15, 0.2) is 68.2 Å². The number of aldehydes is 1. The van der Waals surface area contributed by atoms with Crippen molar-refractivity contribution in [1.82, 2.24) is 9.55 Å². The highest BCUT2D eigenvalue weighted by Crippen LogP contribution is 2.37. The normalized spacial score (nSPS) is 17.7. The number of carbonyl (C=O) groups is 1. The van der Waals surface area contributed by atoms with E-state index in [0.717, 1.165) is 28.0 Å². The van der Waals surface area contributed by atoms with Crippen LogP contribution in [0.3, 0.4) is 0 Å². The van der Waals surface area contributed by atoms with Crippen molar-refractivity contribution in [2.45, 2.75) is 16.9 Å². The number of fused-ring (bicyclic) bond motifs is 2. The van der Waals surface area contributed by atoms with E-state index >= 15 is 4.39 Å². The smallest absolute Gasteiger partial charge is 0.408 e. The molecule has 5 rings (SSSR count). The molecule has 0 amide bonds. The quantitative estimate of drug-likeness (QED) is 0.251. The third-order valence-electron chi connectivity index (χ3n) is 5.47. The summed E-state index contributed by atoms with van der Waals surface area (Å²) in [6.45, 7) is 0. The lowest BCUT2D eigenvalue weighted by Crippen LogP contribution is -2.42. The molecule has 1 atom stereocenters. The number of halogens is 1. The topological polar surface area (TPSA) is 137 Å². The maximum Gasteiger partial charge on any atom is 0.421 e. The van der Waals surface area contributed by atoms with E-state index in [0.29, 0.717) is 29.5 Å². The average molecular weight is 487 g/mol. The molecule has 33 heavy (non-hydrogen) atoms. The number of nitrogen functional groups attached to an aromatic ring is 1. The number of rotatable bonds is 5. The number of benzene rings is 2. The Balaban J connectivity index is 1.73. The summed E-state index contributed by atoms with van der Waals surface area (Å²) in [6.07, 6.45) is 5.59. The van der Waals surface area contributed by atoms with Crippen molar-refractivity contribution in [2.24, 2.45) is 0 Å². The molecule has 0 spiro atoms. The van der Waals surface area contributed by atoms with Crippen LogP contribution in [0.4, 0.5) is 15.2 Å². The molecule has 2 aromatic heterocycles. The number of thiazole rings is 1. The Morgan fingerprint density at radius 1 is 1.33 bits per heavy atom. The van der Waals surface area contributed by atoms with E-state index in [1.54, 1.807) is 29.7 Å². The van der Waals surface area contributed by atoms with Crippen molar-refractivity contribution in [3.05, 3.63) is 81.6 Å². The van der Waals surface area contributed by atoms with Crippen molar-refractivity contribution < 1.29 is 22.0 Å². The molecule has 1 aliphatic carbocycles. The van der Waals surface area contributed by atoms with E-state index < -0.39 is 32.0 Å². The Kier molecular flexibility index (Phi) is 4.72. The molecule has 0 radical (unpaired) electrons. The molecule has 1 aliphatic rings. The molecule has 168 valence electrons. The van der Waals surface area contributed by atoms with Crippen LogP contribution in [-0.2, 0) is 26.8 Å². The highest BCUT2D eigenvalue weighted by Gasteiger charge is 2.40. The molecule has 9 nitrogen and oxygen atoms in total. The Morgan fingerprint density at radius 2 is 2.15 bits per heavy atom. The summed E-state index contributed by atoms with van der Waals surface area (Å²) in [6, 6.07) is 6.74. The van der Waals surface area contributed by atoms with Crippen LogP contribution in [0.25, 0.3) is 11.1 Å². The number of hydrogen-bond donors (Lipinski definition) is 2. The second kappa shape index (κ2) is 7.39. The van der Waals surface area contributed by atoms with Crippen molar-refractivity contribution >= 4 is 49.6 Å². The third-order valence-corrected chi connectivity index (χ3v) is 7.64. The molecular weight excluding hydrogens is 471 g/mol. The molecule has 3 N–H and O–H groups in total. The third kappa shape index (κ3) is 3.17. The lowest BCUT2D eigenvalue weighted by Gasteiger charge is -2.31. The highest BCUT2D eigenvalue weighted by atomic mass is 32.2. The molecule has 1 unspecified atom stereocenters. The summed E-state index contributed by atoms with van der Waals surface area (Å²) in [5.41, 5.74) is 5.69. The van der Waals surface area contributed by atoms with Gasteiger partial charge in [0.2, 0.25) is 0 Å². The summed E-state index contributed by atoms with van der Waals surface area (Å²) < 4.78 is 48.9. The van der Waals surface area contributed by atoms with Gasteiger partial charge in [0.05, 0.1) is 5.52 Å². The lowest BCUT2D eigenvalue weighted by atomic mass is 9.81. The number of allylic oxidation sites excluding steroid dienone is 2. The van der Waals surface area contributed by atoms with Crippen molar-refractivity contribution in [1.29, 1.82) is 0 Å². The second-order valence-corrected chi connectivity index (χ2v) is 9.86. The van der Waals surface area contributed by atoms with Crippen LogP contribution >= 0.6 is 11.3 Å². The van der Waals surface area contributed by atoms with Gasteiger partial charge >= 0.3 is 5.76 Å². The van der Waals surface area contributed by atoms with Gasteiger partial charge in [-0.05, 0) is 23.6 Å². The average Bonchev–Trinajstić information content (AvgIpc) is 3.39. The number of hydrogen-bond acceptors (Lipinski definition) is 8. The molecule has 12 heteroatoms. The predicted octanol–water partition coefficient (Wildman–Crippen LogP) is 2.63. The Hall–Kier alpha value is -3.77.